The summed E-state index contributed by atoms with van der Waals surface area (Å²) in [6, 6.07) is 10.9. The minimum absolute atomic E-state index is 0.00947. The smallest absolute Gasteiger partial charge is 0.341 e. The number of aryl methyl sites for hydroxylation is 1. The molecule has 9 heteroatoms. The van der Waals surface area contributed by atoms with E-state index in [1.54, 1.807) is 36.1 Å². The lowest BCUT2D eigenvalue weighted by atomic mass is 10.2. The molecule has 1 saturated heterocycles. The summed E-state index contributed by atoms with van der Waals surface area (Å²) in [5.74, 6) is -0.863. The molecule has 3 rings (SSSR count). The molecule has 2 aromatic carbocycles. The number of carboxylic acids is 1. The van der Waals surface area contributed by atoms with Crippen LogP contribution in [0.4, 0.5) is 11.4 Å². The Morgan fingerprint density at radius 1 is 1.25 bits per heavy atom. The lowest BCUT2D eigenvalue weighted by Gasteiger charge is -2.20. The summed E-state index contributed by atoms with van der Waals surface area (Å²) in [6.07, 6.45) is 1.18. The van der Waals surface area contributed by atoms with E-state index in [-0.39, 0.29) is 10.8 Å². The second-order valence-electron chi connectivity index (χ2n) is 6.38. The van der Waals surface area contributed by atoms with Crippen molar-refractivity contribution in [1.82, 2.24) is 0 Å². The highest BCUT2D eigenvalue weighted by Gasteiger charge is 2.25. The van der Waals surface area contributed by atoms with Crippen molar-refractivity contribution in [3.8, 4) is 5.75 Å². The van der Waals surface area contributed by atoms with Gasteiger partial charge in [-0.3, -0.25) is 9.52 Å². The zero-order valence-corrected chi connectivity index (χ0v) is 16.0. The molecule has 0 atom stereocenters. The average molecular weight is 404 g/mol. The van der Waals surface area contributed by atoms with Gasteiger partial charge in [0.15, 0.2) is 6.61 Å². The van der Waals surface area contributed by atoms with Crippen LogP contribution in [-0.2, 0) is 19.6 Å². The summed E-state index contributed by atoms with van der Waals surface area (Å²) in [7, 11) is -3.91. The zero-order valence-electron chi connectivity index (χ0n) is 15.2. The first kappa shape index (κ1) is 19.7. The SMILES string of the molecule is Cc1cc(S(=O)(=O)Nc2ccccc2N2CCCC2=O)ccc1OCC(=O)O. The van der Waals surface area contributed by atoms with Gasteiger partial charge >= 0.3 is 5.97 Å². The van der Waals surface area contributed by atoms with Crippen LogP contribution in [0.5, 0.6) is 5.75 Å². The molecular weight excluding hydrogens is 384 g/mol. The molecule has 8 nitrogen and oxygen atoms in total. The number of sulfonamides is 1. The largest absolute Gasteiger partial charge is 0.482 e. The Morgan fingerprint density at radius 3 is 2.64 bits per heavy atom. The fourth-order valence-electron chi connectivity index (χ4n) is 2.99. The number of nitrogens with one attached hydrogen (secondary N) is 1. The molecule has 1 aliphatic rings. The molecule has 1 amide bonds. The van der Waals surface area contributed by atoms with Gasteiger partial charge in [0.25, 0.3) is 10.0 Å². The van der Waals surface area contributed by atoms with Crippen LogP contribution in [0.3, 0.4) is 0 Å². The second-order valence-corrected chi connectivity index (χ2v) is 8.06. The summed E-state index contributed by atoms with van der Waals surface area (Å²) in [4.78, 5) is 24.3. The van der Waals surface area contributed by atoms with Gasteiger partial charge in [-0.05, 0) is 49.2 Å². The first-order valence-electron chi connectivity index (χ1n) is 8.65. The van der Waals surface area contributed by atoms with Crippen LogP contribution in [0, 0.1) is 6.92 Å². The fourth-order valence-corrected chi connectivity index (χ4v) is 4.15. The van der Waals surface area contributed by atoms with Gasteiger partial charge in [-0.25, -0.2) is 13.2 Å². The molecule has 0 radical (unpaired) electrons. The number of hydrogen-bond donors (Lipinski definition) is 2. The summed E-state index contributed by atoms with van der Waals surface area (Å²) < 4.78 is 33.3. The van der Waals surface area contributed by atoms with Crippen molar-refractivity contribution < 1.29 is 27.9 Å². The van der Waals surface area contributed by atoms with Crippen molar-refractivity contribution in [2.24, 2.45) is 0 Å². The van der Waals surface area contributed by atoms with Crippen molar-refractivity contribution in [3.05, 3.63) is 48.0 Å². The first-order chi connectivity index (χ1) is 13.3. The van der Waals surface area contributed by atoms with Crippen molar-refractivity contribution in [2.45, 2.75) is 24.7 Å². The molecule has 0 aliphatic carbocycles. The average Bonchev–Trinajstić information content (AvgIpc) is 3.06. The standard InChI is InChI=1S/C19H20N2O6S/c1-13-11-14(8-9-17(13)27-12-19(23)24)28(25,26)20-15-5-2-3-6-16(15)21-10-4-7-18(21)22/h2-3,5-6,8-9,11,20H,4,7,10,12H2,1H3,(H,23,24). The molecule has 1 heterocycles. The van der Waals surface area contributed by atoms with Crippen LogP contribution in [0.1, 0.15) is 18.4 Å². The van der Waals surface area contributed by atoms with E-state index in [2.05, 4.69) is 4.72 Å². The molecule has 148 valence electrons. The third-order valence-corrected chi connectivity index (χ3v) is 5.68. The number of rotatable bonds is 7. The number of carbonyl (C=O) groups is 2. The number of carbonyl (C=O) groups excluding carboxylic acids is 1. The summed E-state index contributed by atoms with van der Waals surface area (Å²) >= 11 is 0. The van der Waals surface area contributed by atoms with Crippen LogP contribution in [0.2, 0.25) is 0 Å². The summed E-state index contributed by atoms with van der Waals surface area (Å²) in [5, 5.41) is 8.69. The van der Waals surface area contributed by atoms with Crippen LogP contribution >= 0.6 is 0 Å². The molecule has 0 spiro atoms. The summed E-state index contributed by atoms with van der Waals surface area (Å²) in [6.45, 7) is 1.67. The third-order valence-electron chi connectivity index (χ3n) is 4.32. The topological polar surface area (TPSA) is 113 Å². The lowest BCUT2D eigenvalue weighted by molar-refractivity contribution is -0.139. The normalized spacial score (nSPS) is 14.2. The number of aliphatic carboxylic acids is 1. The number of hydrogen-bond acceptors (Lipinski definition) is 5. The van der Waals surface area contributed by atoms with Crippen LogP contribution in [0.25, 0.3) is 0 Å². The number of anilines is 2. The van der Waals surface area contributed by atoms with E-state index >= 15 is 0 Å². The van der Waals surface area contributed by atoms with E-state index < -0.39 is 22.6 Å². The number of para-hydroxylation sites is 2. The third kappa shape index (κ3) is 4.25. The summed E-state index contributed by atoms with van der Waals surface area (Å²) in [5.41, 5.74) is 1.33. The second kappa shape index (κ2) is 7.89. The van der Waals surface area contributed by atoms with Crippen molar-refractivity contribution in [3.63, 3.8) is 0 Å². The lowest BCUT2D eigenvalue weighted by Crippen LogP contribution is -2.25. The Morgan fingerprint density at radius 2 is 2.00 bits per heavy atom. The molecule has 1 aliphatic heterocycles. The minimum Gasteiger partial charge on any atom is -0.482 e. The van der Waals surface area contributed by atoms with Gasteiger partial charge in [-0.15, -0.1) is 0 Å². The molecule has 0 aromatic heterocycles. The van der Waals surface area contributed by atoms with E-state index in [1.165, 1.54) is 18.2 Å². The Hall–Kier alpha value is -3.07. The van der Waals surface area contributed by atoms with Crippen LogP contribution < -0.4 is 14.4 Å². The number of nitrogens with zero attached hydrogens (tertiary/aromatic N) is 1. The fraction of sp³-hybridized carbons (Fsp3) is 0.263. The Bertz CT molecular complexity index is 1020. The Balaban J connectivity index is 1.86. The molecule has 2 aromatic rings. The highest BCUT2D eigenvalue weighted by molar-refractivity contribution is 7.92. The van der Waals surface area contributed by atoms with E-state index in [4.69, 9.17) is 9.84 Å². The van der Waals surface area contributed by atoms with Gasteiger partial charge in [0.2, 0.25) is 5.91 Å². The predicted octanol–water partition coefficient (Wildman–Crippen LogP) is 2.39. The molecule has 0 unspecified atom stereocenters. The van der Waals surface area contributed by atoms with Gasteiger partial charge < -0.3 is 14.7 Å². The van der Waals surface area contributed by atoms with Gasteiger partial charge in [-0.2, -0.15) is 0 Å². The molecular formula is C19H20N2O6S. The van der Waals surface area contributed by atoms with E-state index in [1.807, 2.05) is 0 Å². The Kier molecular flexibility index (Phi) is 5.55. The predicted molar refractivity (Wildman–Crippen MR) is 103 cm³/mol. The molecule has 0 saturated carbocycles. The maximum absolute atomic E-state index is 12.8. The Labute approximate surface area is 162 Å². The monoisotopic (exact) mass is 404 g/mol. The number of benzene rings is 2. The minimum atomic E-state index is -3.91. The van der Waals surface area contributed by atoms with Crippen molar-refractivity contribution in [1.29, 1.82) is 0 Å². The highest BCUT2D eigenvalue weighted by atomic mass is 32.2. The maximum Gasteiger partial charge on any atom is 0.341 e. The van der Waals surface area contributed by atoms with E-state index in [9.17, 15) is 18.0 Å². The van der Waals surface area contributed by atoms with Gasteiger partial charge in [0, 0.05) is 13.0 Å². The first-order valence-corrected chi connectivity index (χ1v) is 10.1. The molecule has 0 bridgehead atoms. The molecule has 1 fully saturated rings. The number of amides is 1. The maximum atomic E-state index is 12.8. The van der Waals surface area contributed by atoms with E-state index in [0.717, 1.165) is 6.42 Å². The number of ether oxygens (including phenoxy) is 1. The van der Waals surface area contributed by atoms with Gasteiger partial charge in [0.05, 0.1) is 16.3 Å². The number of carboxylic acid groups (broad SMARTS) is 1. The molecule has 28 heavy (non-hydrogen) atoms. The quantitative estimate of drug-likeness (QED) is 0.733. The van der Waals surface area contributed by atoms with Crippen LogP contribution in [-0.4, -0.2) is 38.6 Å². The van der Waals surface area contributed by atoms with Gasteiger partial charge in [0.1, 0.15) is 5.75 Å². The molecule has 2 N–H and O–H groups in total. The van der Waals surface area contributed by atoms with Crippen molar-refractivity contribution in [2.75, 3.05) is 22.8 Å². The van der Waals surface area contributed by atoms with Crippen molar-refractivity contribution >= 4 is 33.3 Å². The van der Waals surface area contributed by atoms with Crippen LogP contribution in [0.15, 0.2) is 47.4 Å². The zero-order chi connectivity index (χ0) is 20.3. The van der Waals surface area contributed by atoms with E-state index in [0.29, 0.717) is 35.7 Å². The highest BCUT2D eigenvalue weighted by Crippen LogP contribution is 2.31. The van der Waals surface area contributed by atoms with Gasteiger partial charge in [-0.1, -0.05) is 12.1 Å².